The monoisotopic (exact) mass is 223 g/mol. The van der Waals surface area contributed by atoms with E-state index in [0.29, 0.717) is 17.9 Å². The second-order valence-electron chi connectivity index (χ2n) is 3.95. The summed E-state index contributed by atoms with van der Waals surface area (Å²) in [5.41, 5.74) is 1.04. The van der Waals surface area contributed by atoms with Crippen LogP contribution in [-0.4, -0.2) is 18.6 Å². The van der Waals surface area contributed by atoms with Crippen molar-refractivity contribution in [1.82, 2.24) is 0 Å². The Morgan fingerprint density at radius 2 is 2.38 bits per heavy atom. The minimum absolute atomic E-state index is 0.194. The van der Waals surface area contributed by atoms with Crippen LogP contribution in [-0.2, 0) is 9.53 Å². The van der Waals surface area contributed by atoms with Gasteiger partial charge in [0.25, 0.3) is 5.91 Å². The number of halogens is 1. The highest BCUT2D eigenvalue weighted by Gasteiger charge is 2.23. The van der Waals surface area contributed by atoms with Gasteiger partial charge in [-0.15, -0.1) is 0 Å². The summed E-state index contributed by atoms with van der Waals surface area (Å²) in [4.78, 5) is 11.7. The van der Waals surface area contributed by atoms with E-state index in [2.05, 4.69) is 5.32 Å². The lowest BCUT2D eigenvalue weighted by Gasteiger charge is -2.10. The molecule has 0 radical (unpaired) electrons. The Morgan fingerprint density at radius 3 is 3.00 bits per heavy atom. The van der Waals surface area contributed by atoms with Crippen LogP contribution >= 0.6 is 0 Å². The highest BCUT2D eigenvalue weighted by Crippen LogP contribution is 2.17. The van der Waals surface area contributed by atoms with Gasteiger partial charge in [-0.1, -0.05) is 6.07 Å². The largest absolute Gasteiger partial charge is 0.368 e. The summed E-state index contributed by atoms with van der Waals surface area (Å²) in [5.74, 6) is -0.508. The number of anilines is 1. The number of carbonyl (C=O) groups is 1. The first kappa shape index (κ1) is 11.1. The van der Waals surface area contributed by atoms with E-state index in [1.165, 1.54) is 6.07 Å². The Hall–Kier alpha value is -1.42. The molecule has 1 aliphatic rings. The number of ether oxygens (including phenoxy) is 1. The quantitative estimate of drug-likeness (QED) is 0.835. The molecule has 3 nitrogen and oxygen atoms in total. The topological polar surface area (TPSA) is 38.3 Å². The number of carbonyl (C=O) groups excluding carboxylic acids is 1. The van der Waals surface area contributed by atoms with Gasteiger partial charge in [-0.25, -0.2) is 4.39 Å². The zero-order valence-electron chi connectivity index (χ0n) is 9.13. The SMILES string of the molecule is Cc1ccc(NC(=O)[C@H]2CCCO2)cc1F. The number of benzene rings is 1. The van der Waals surface area contributed by atoms with Gasteiger partial charge in [0.1, 0.15) is 11.9 Å². The molecule has 1 aliphatic heterocycles. The minimum Gasteiger partial charge on any atom is -0.368 e. The molecule has 0 aliphatic carbocycles. The van der Waals surface area contributed by atoms with Gasteiger partial charge in [0.15, 0.2) is 0 Å². The van der Waals surface area contributed by atoms with Crippen molar-refractivity contribution in [1.29, 1.82) is 0 Å². The lowest BCUT2D eigenvalue weighted by Crippen LogP contribution is -2.26. The molecule has 0 spiro atoms. The third-order valence-corrected chi connectivity index (χ3v) is 2.66. The predicted octanol–water partition coefficient (Wildman–Crippen LogP) is 2.25. The van der Waals surface area contributed by atoms with Gasteiger partial charge in [-0.05, 0) is 37.5 Å². The highest BCUT2D eigenvalue weighted by atomic mass is 19.1. The van der Waals surface area contributed by atoms with Crippen LogP contribution in [0.15, 0.2) is 18.2 Å². The number of aryl methyl sites for hydroxylation is 1. The fraction of sp³-hybridized carbons (Fsp3) is 0.417. The van der Waals surface area contributed by atoms with Crippen LogP contribution in [0.1, 0.15) is 18.4 Å². The molecule has 1 atom stereocenters. The van der Waals surface area contributed by atoms with Crippen LogP contribution < -0.4 is 5.32 Å². The molecule has 0 aromatic heterocycles. The minimum atomic E-state index is -0.385. The summed E-state index contributed by atoms with van der Waals surface area (Å²) in [6, 6.07) is 4.65. The fourth-order valence-electron chi connectivity index (χ4n) is 1.68. The molecule has 86 valence electrons. The molecule has 1 N–H and O–H groups in total. The number of hydrogen-bond donors (Lipinski definition) is 1. The molecular weight excluding hydrogens is 209 g/mol. The van der Waals surface area contributed by atoms with Gasteiger partial charge in [0.05, 0.1) is 0 Å². The zero-order chi connectivity index (χ0) is 11.5. The maximum Gasteiger partial charge on any atom is 0.253 e. The molecule has 1 amide bonds. The van der Waals surface area contributed by atoms with Crippen LogP contribution in [0, 0.1) is 12.7 Å². The Morgan fingerprint density at radius 1 is 1.56 bits per heavy atom. The van der Waals surface area contributed by atoms with Gasteiger partial charge in [0, 0.05) is 12.3 Å². The average molecular weight is 223 g/mol. The van der Waals surface area contributed by atoms with Crippen molar-refractivity contribution < 1.29 is 13.9 Å². The van der Waals surface area contributed by atoms with E-state index >= 15 is 0 Å². The molecule has 0 saturated carbocycles. The van der Waals surface area contributed by atoms with E-state index in [9.17, 15) is 9.18 Å². The number of amides is 1. The molecule has 1 fully saturated rings. The number of rotatable bonds is 2. The van der Waals surface area contributed by atoms with Gasteiger partial charge in [0.2, 0.25) is 0 Å². The first-order chi connectivity index (χ1) is 7.66. The second kappa shape index (κ2) is 4.61. The average Bonchev–Trinajstić information content (AvgIpc) is 2.77. The molecule has 2 rings (SSSR count). The smallest absolute Gasteiger partial charge is 0.253 e. The summed E-state index contributed by atoms with van der Waals surface area (Å²) < 4.78 is 18.5. The molecule has 1 heterocycles. The van der Waals surface area contributed by atoms with Gasteiger partial charge >= 0.3 is 0 Å². The molecular formula is C12H14FNO2. The van der Waals surface area contributed by atoms with Crippen molar-refractivity contribution in [2.45, 2.75) is 25.9 Å². The molecule has 16 heavy (non-hydrogen) atoms. The summed E-state index contributed by atoms with van der Waals surface area (Å²) in [5, 5.41) is 2.65. The molecule has 1 aromatic carbocycles. The van der Waals surface area contributed by atoms with E-state index in [1.54, 1.807) is 19.1 Å². The summed E-state index contributed by atoms with van der Waals surface area (Å²) in [6.07, 6.45) is 1.25. The Bertz CT molecular complexity index is 400. The second-order valence-corrected chi connectivity index (χ2v) is 3.95. The summed E-state index contributed by atoms with van der Waals surface area (Å²) in [6.45, 7) is 2.31. The van der Waals surface area contributed by atoms with Crippen molar-refractivity contribution in [2.24, 2.45) is 0 Å². The van der Waals surface area contributed by atoms with Crippen LogP contribution in [0.2, 0.25) is 0 Å². The first-order valence-corrected chi connectivity index (χ1v) is 5.35. The number of nitrogens with one attached hydrogen (secondary N) is 1. The van der Waals surface area contributed by atoms with Crippen molar-refractivity contribution in [2.75, 3.05) is 11.9 Å². The normalized spacial score (nSPS) is 19.8. The van der Waals surface area contributed by atoms with E-state index in [0.717, 1.165) is 12.8 Å². The molecule has 1 saturated heterocycles. The standard InChI is InChI=1S/C12H14FNO2/c1-8-4-5-9(7-10(8)13)14-12(15)11-3-2-6-16-11/h4-5,7,11H,2-3,6H2,1H3,(H,14,15)/t11-/m1/s1. The van der Waals surface area contributed by atoms with Gasteiger partial charge in [-0.2, -0.15) is 0 Å². The Kier molecular flexibility index (Phi) is 3.19. The van der Waals surface area contributed by atoms with Gasteiger partial charge in [-0.3, -0.25) is 4.79 Å². The van der Waals surface area contributed by atoms with Crippen molar-refractivity contribution in [3.63, 3.8) is 0 Å². The van der Waals surface area contributed by atoms with Crippen molar-refractivity contribution >= 4 is 11.6 Å². The third-order valence-electron chi connectivity index (χ3n) is 2.66. The van der Waals surface area contributed by atoms with E-state index < -0.39 is 0 Å². The van der Waals surface area contributed by atoms with Gasteiger partial charge < -0.3 is 10.1 Å². The van der Waals surface area contributed by atoms with Crippen LogP contribution in [0.4, 0.5) is 10.1 Å². The summed E-state index contributed by atoms with van der Waals surface area (Å²) in [7, 11) is 0. The first-order valence-electron chi connectivity index (χ1n) is 5.35. The maximum atomic E-state index is 13.2. The van der Waals surface area contributed by atoms with Crippen molar-refractivity contribution in [3.8, 4) is 0 Å². The maximum absolute atomic E-state index is 13.2. The number of hydrogen-bond acceptors (Lipinski definition) is 2. The van der Waals surface area contributed by atoms with E-state index in [4.69, 9.17) is 4.74 Å². The van der Waals surface area contributed by atoms with Crippen molar-refractivity contribution in [3.05, 3.63) is 29.6 Å². The van der Waals surface area contributed by atoms with Crippen LogP contribution in [0.3, 0.4) is 0 Å². The Balaban J connectivity index is 2.02. The molecule has 1 aromatic rings. The lowest BCUT2D eigenvalue weighted by molar-refractivity contribution is -0.124. The predicted molar refractivity (Wildman–Crippen MR) is 58.7 cm³/mol. The third kappa shape index (κ3) is 2.39. The molecule has 4 heteroatoms. The van der Waals surface area contributed by atoms with E-state index in [1.807, 2.05) is 0 Å². The zero-order valence-corrected chi connectivity index (χ0v) is 9.13. The highest BCUT2D eigenvalue weighted by molar-refractivity contribution is 5.94. The lowest BCUT2D eigenvalue weighted by atomic mass is 10.2. The molecule has 0 bridgehead atoms. The van der Waals surface area contributed by atoms with Crippen LogP contribution in [0.5, 0.6) is 0 Å². The Labute approximate surface area is 93.6 Å². The summed E-state index contributed by atoms with van der Waals surface area (Å²) >= 11 is 0. The fourth-order valence-corrected chi connectivity index (χ4v) is 1.68. The van der Waals surface area contributed by atoms with Crippen LogP contribution in [0.25, 0.3) is 0 Å². The van der Waals surface area contributed by atoms with E-state index in [-0.39, 0.29) is 17.8 Å². The molecule has 0 unspecified atom stereocenters.